The van der Waals surface area contributed by atoms with Crippen molar-refractivity contribution in [2.24, 2.45) is 0 Å². The predicted molar refractivity (Wildman–Crippen MR) is 122 cm³/mol. The van der Waals surface area contributed by atoms with E-state index >= 15 is 0 Å². The first-order valence-corrected chi connectivity index (χ1v) is 9.62. The average molecular weight is 428 g/mol. The molecule has 4 N–H and O–H groups in total. The summed E-state index contributed by atoms with van der Waals surface area (Å²) < 4.78 is 21.5. The number of methoxy groups -OCH3 is 4. The molecule has 0 aliphatic carbocycles. The minimum atomic E-state index is 0.227. The Morgan fingerprint density at radius 1 is 1.13 bits per heavy atom. The quantitative estimate of drug-likeness (QED) is 0.384. The number of nitrogens with zero attached hydrogens (tertiary/aromatic N) is 2. The van der Waals surface area contributed by atoms with Crippen molar-refractivity contribution in [2.45, 2.75) is 13.8 Å². The Balaban J connectivity index is 2.56. The van der Waals surface area contributed by atoms with Crippen LogP contribution in [0.1, 0.15) is 18.1 Å². The molecule has 0 fully saturated rings. The van der Waals surface area contributed by atoms with Gasteiger partial charge in [0.1, 0.15) is 11.6 Å². The van der Waals surface area contributed by atoms with Gasteiger partial charge in [0.2, 0.25) is 5.75 Å². The van der Waals surface area contributed by atoms with E-state index in [1.54, 1.807) is 53.6 Å². The fourth-order valence-electron chi connectivity index (χ4n) is 3.17. The van der Waals surface area contributed by atoms with Gasteiger partial charge in [-0.2, -0.15) is 5.26 Å². The van der Waals surface area contributed by atoms with Gasteiger partial charge in [-0.25, -0.2) is 4.98 Å². The van der Waals surface area contributed by atoms with Crippen LogP contribution in [0.25, 0.3) is 5.57 Å². The van der Waals surface area contributed by atoms with Crippen molar-refractivity contribution < 1.29 is 18.9 Å². The second-order valence-corrected chi connectivity index (χ2v) is 6.49. The summed E-state index contributed by atoms with van der Waals surface area (Å²) in [7, 11) is 6.30. The second kappa shape index (κ2) is 10.9. The normalized spacial score (nSPS) is 10.9. The molecule has 0 unspecified atom stereocenters. The van der Waals surface area contributed by atoms with Gasteiger partial charge in [-0.05, 0) is 13.8 Å². The van der Waals surface area contributed by atoms with Crippen molar-refractivity contribution in [2.75, 3.05) is 58.0 Å². The van der Waals surface area contributed by atoms with Crippen LogP contribution in [-0.2, 0) is 4.74 Å². The molecule has 0 spiro atoms. The molecule has 2 rings (SSSR count). The fourth-order valence-corrected chi connectivity index (χ4v) is 3.17. The molecule has 9 heteroatoms. The summed E-state index contributed by atoms with van der Waals surface area (Å²) in [6, 6.07) is 5.76. The summed E-state index contributed by atoms with van der Waals surface area (Å²) >= 11 is 0. The maximum atomic E-state index is 9.50. The zero-order valence-corrected chi connectivity index (χ0v) is 18.8. The molecule has 166 valence electrons. The molecule has 0 saturated carbocycles. The van der Waals surface area contributed by atoms with Gasteiger partial charge < -0.3 is 35.3 Å². The third-order valence-corrected chi connectivity index (χ3v) is 4.69. The molecular weight excluding hydrogens is 398 g/mol. The molecule has 0 aliphatic heterocycles. The highest BCUT2D eigenvalue weighted by molar-refractivity contribution is 5.90. The number of nitriles is 1. The molecule has 0 saturated heterocycles. The van der Waals surface area contributed by atoms with Gasteiger partial charge in [0.05, 0.1) is 56.5 Å². The van der Waals surface area contributed by atoms with Crippen LogP contribution in [0.5, 0.6) is 17.2 Å². The van der Waals surface area contributed by atoms with Crippen LogP contribution in [-0.4, -0.2) is 46.6 Å². The molecule has 0 amide bonds. The highest BCUT2D eigenvalue weighted by Gasteiger charge is 2.20. The summed E-state index contributed by atoms with van der Waals surface area (Å²) in [5, 5.41) is 16.0. The Morgan fingerprint density at radius 2 is 1.84 bits per heavy atom. The minimum absolute atomic E-state index is 0.227. The number of rotatable bonds is 10. The molecule has 31 heavy (non-hydrogen) atoms. The van der Waals surface area contributed by atoms with Crippen molar-refractivity contribution in [1.29, 1.82) is 5.26 Å². The number of hydrogen-bond acceptors (Lipinski definition) is 9. The summed E-state index contributed by atoms with van der Waals surface area (Å²) in [6.45, 7) is 4.71. The van der Waals surface area contributed by atoms with Crippen LogP contribution < -0.4 is 30.6 Å². The lowest BCUT2D eigenvalue weighted by Crippen LogP contribution is -2.12. The van der Waals surface area contributed by atoms with Crippen LogP contribution >= 0.6 is 0 Å². The molecule has 0 aliphatic rings. The van der Waals surface area contributed by atoms with Crippen LogP contribution in [0.3, 0.4) is 0 Å². The maximum absolute atomic E-state index is 9.50. The third-order valence-electron chi connectivity index (χ3n) is 4.69. The molecule has 1 aromatic carbocycles. The SMILES string of the molecule is C/C=C(/C#N)c1c(NCCOC)cc(Nc2cc(OC)c(OC)c(OC)c2C)nc1N. The van der Waals surface area contributed by atoms with Crippen molar-refractivity contribution in [1.82, 2.24) is 4.98 Å². The topological polar surface area (TPSA) is 124 Å². The van der Waals surface area contributed by atoms with Crippen LogP contribution in [0.2, 0.25) is 0 Å². The van der Waals surface area contributed by atoms with E-state index < -0.39 is 0 Å². The zero-order valence-electron chi connectivity index (χ0n) is 18.8. The molecular formula is C22H29N5O4. The minimum Gasteiger partial charge on any atom is -0.493 e. The number of allylic oxidation sites excluding steroid dienone is 2. The van der Waals surface area contributed by atoms with Gasteiger partial charge in [-0.3, -0.25) is 0 Å². The number of pyridine rings is 1. The van der Waals surface area contributed by atoms with Gasteiger partial charge in [-0.15, -0.1) is 0 Å². The molecule has 1 heterocycles. The van der Waals surface area contributed by atoms with Gasteiger partial charge in [0.25, 0.3) is 0 Å². The van der Waals surface area contributed by atoms with Crippen LogP contribution in [0.15, 0.2) is 18.2 Å². The second-order valence-electron chi connectivity index (χ2n) is 6.49. The number of ether oxygens (including phenoxy) is 4. The number of hydrogen-bond donors (Lipinski definition) is 3. The predicted octanol–water partition coefficient (Wildman–Crippen LogP) is 3.73. The van der Waals surface area contributed by atoms with Crippen molar-refractivity contribution >= 4 is 28.6 Å². The number of nitrogen functional groups attached to an aromatic ring is 1. The molecule has 9 nitrogen and oxygen atoms in total. The summed E-state index contributed by atoms with van der Waals surface area (Å²) in [6.07, 6.45) is 1.70. The monoisotopic (exact) mass is 427 g/mol. The third kappa shape index (κ3) is 5.10. The molecule has 1 aromatic heterocycles. The molecule has 0 radical (unpaired) electrons. The van der Waals surface area contributed by atoms with Gasteiger partial charge in [-0.1, -0.05) is 6.08 Å². The van der Waals surface area contributed by atoms with E-state index in [-0.39, 0.29) is 5.82 Å². The van der Waals surface area contributed by atoms with Gasteiger partial charge in [0.15, 0.2) is 11.5 Å². The Labute approximate surface area is 182 Å². The van der Waals surface area contributed by atoms with Crippen molar-refractivity contribution in [3.8, 4) is 23.3 Å². The van der Waals surface area contributed by atoms with Gasteiger partial charge >= 0.3 is 0 Å². The number of nitrogens with two attached hydrogens (primary N) is 1. The summed E-state index contributed by atoms with van der Waals surface area (Å²) in [5.41, 5.74) is 9.42. The van der Waals surface area contributed by atoms with E-state index in [1.807, 2.05) is 6.92 Å². The fraction of sp³-hybridized carbons (Fsp3) is 0.364. The standard InChI is InChI=1S/C22H29N5O4/c1-7-14(12-23)19-16(25-8-9-28-3)11-18(27-22(19)24)26-15-10-17(29-4)21(31-6)20(30-5)13(15)2/h7,10-11H,8-9H2,1-6H3,(H4,24,25,26,27)/b14-7-. The van der Waals surface area contributed by atoms with E-state index in [0.29, 0.717) is 58.7 Å². The Hall–Kier alpha value is -3.64. The first kappa shape index (κ1) is 23.6. The molecule has 0 atom stereocenters. The first-order chi connectivity index (χ1) is 14.9. The lowest BCUT2D eigenvalue weighted by atomic mass is 10.1. The number of benzene rings is 1. The lowest BCUT2D eigenvalue weighted by Gasteiger charge is -2.20. The average Bonchev–Trinajstić information content (AvgIpc) is 2.77. The number of aromatic nitrogens is 1. The van der Waals surface area contributed by atoms with E-state index in [0.717, 1.165) is 5.56 Å². The Kier molecular flexibility index (Phi) is 8.34. The first-order valence-electron chi connectivity index (χ1n) is 9.62. The number of nitrogens with one attached hydrogen (secondary N) is 2. The smallest absolute Gasteiger partial charge is 0.203 e. The highest BCUT2D eigenvalue weighted by Crippen LogP contribution is 2.44. The maximum Gasteiger partial charge on any atom is 0.203 e. The Bertz CT molecular complexity index is 999. The van der Waals surface area contributed by atoms with Crippen molar-refractivity contribution in [3.63, 3.8) is 0 Å². The van der Waals surface area contributed by atoms with Gasteiger partial charge in [0, 0.05) is 31.4 Å². The zero-order chi connectivity index (χ0) is 23.0. The lowest BCUT2D eigenvalue weighted by molar-refractivity contribution is 0.211. The highest BCUT2D eigenvalue weighted by atomic mass is 16.5. The van der Waals surface area contributed by atoms with E-state index in [9.17, 15) is 5.26 Å². The van der Waals surface area contributed by atoms with E-state index in [2.05, 4.69) is 21.7 Å². The van der Waals surface area contributed by atoms with Crippen molar-refractivity contribution in [3.05, 3.63) is 29.3 Å². The van der Waals surface area contributed by atoms with Crippen LogP contribution in [0, 0.1) is 18.3 Å². The number of anilines is 4. The van der Waals surface area contributed by atoms with E-state index in [1.165, 1.54) is 0 Å². The van der Waals surface area contributed by atoms with Crippen LogP contribution in [0.4, 0.5) is 23.0 Å². The molecule has 2 aromatic rings. The summed E-state index contributed by atoms with van der Waals surface area (Å²) in [5.74, 6) is 2.28. The van der Waals surface area contributed by atoms with E-state index in [4.69, 9.17) is 24.7 Å². The molecule has 0 bridgehead atoms. The summed E-state index contributed by atoms with van der Waals surface area (Å²) in [4.78, 5) is 4.46. The largest absolute Gasteiger partial charge is 0.493 e. The Morgan fingerprint density at radius 3 is 2.39 bits per heavy atom.